The van der Waals surface area contributed by atoms with Crippen LogP contribution >= 0.6 is 27.3 Å². The van der Waals surface area contributed by atoms with Gasteiger partial charge in [-0.3, -0.25) is 0 Å². The number of rotatable bonds is 1. The Balaban J connectivity index is 2.66. The molecule has 0 aliphatic carbocycles. The lowest BCUT2D eigenvalue weighted by molar-refractivity contribution is 0.156. The number of thiophene rings is 1. The first kappa shape index (κ1) is 9.86. The van der Waals surface area contributed by atoms with Crippen molar-refractivity contribution in [1.82, 2.24) is 0 Å². The molecule has 74 valence electrons. The molecule has 5 heteroatoms. The van der Waals surface area contributed by atoms with E-state index in [4.69, 9.17) is 5.73 Å². The second kappa shape index (κ2) is 3.47. The lowest BCUT2D eigenvalue weighted by Gasteiger charge is -1.96. The highest BCUT2D eigenvalue weighted by Gasteiger charge is 2.12. The zero-order chi connectivity index (χ0) is 10.3. The van der Waals surface area contributed by atoms with Crippen molar-refractivity contribution in [3.05, 3.63) is 27.5 Å². The fourth-order valence-corrected chi connectivity index (χ4v) is 2.64. The lowest BCUT2D eigenvalue weighted by Crippen LogP contribution is -1.84. The van der Waals surface area contributed by atoms with Crippen LogP contribution in [0.2, 0.25) is 0 Å². The highest BCUT2D eigenvalue weighted by Crippen LogP contribution is 2.36. The van der Waals surface area contributed by atoms with Gasteiger partial charge in [0, 0.05) is 14.9 Å². The van der Waals surface area contributed by atoms with Crippen LogP contribution in [0.25, 0.3) is 10.1 Å². The Morgan fingerprint density at radius 2 is 2.00 bits per heavy atom. The van der Waals surface area contributed by atoms with Gasteiger partial charge >= 0.3 is 0 Å². The molecule has 2 aromatic rings. The Hall–Kier alpha value is -0.680. The molecule has 0 aliphatic heterocycles. The maximum atomic E-state index is 12.4. The van der Waals surface area contributed by atoms with Crippen molar-refractivity contribution in [2.75, 3.05) is 5.73 Å². The van der Waals surface area contributed by atoms with Gasteiger partial charge in [0.25, 0.3) is 6.43 Å². The van der Waals surface area contributed by atoms with Crippen LogP contribution in [0.15, 0.2) is 22.7 Å². The van der Waals surface area contributed by atoms with Crippen LogP contribution in [0, 0.1) is 0 Å². The molecule has 14 heavy (non-hydrogen) atoms. The molecule has 0 spiro atoms. The molecule has 1 aromatic carbocycles. The number of halogens is 3. The molecule has 0 amide bonds. The minimum absolute atomic E-state index is 0.0810. The molecule has 0 atom stereocenters. The number of nitrogen functional groups attached to an aromatic ring is 1. The van der Waals surface area contributed by atoms with E-state index in [1.165, 1.54) is 6.07 Å². The molecule has 1 nitrogen and oxygen atoms in total. The van der Waals surface area contributed by atoms with Gasteiger partial charge in [-0.2, -0.15) is 0 Å². The normalized spacial score (nSPS) is 11.4. The molecule has 0 radical (unpaired) electrons. The van der Waals surface area contributed by atoms with E-state index in [1.54, 1.807) is 12.1 Å². The van der Waals surface area contributed by atoms with Gasteiger partial charge in [0.15, 0.2) is 0 Å². The van der Waals surface area contributed by atoms with Crippen LogP contribution in [0.4, 0.5) is 14.5 Å². The standard InChI is InChI=1S/C9H6BrF2NS/c10-5-3-7-4(1-6(5)13)2-8(14-7)9(11)12/h1-3,9H,13H2. The Morgan fingerprint density at radius 3 is 2.64 bits per heavy atom. The number of anilines is 1. The fraction of sp³-hybridized carbons (Fsp3) is 0.111. The van der Waals surface area contributed by atoms with Crippen LogP contribution in [0.1, 0.15) is 11.3 Å². The molecular formula is C9H6BrF2NS. The van der Waals surface area contributed by atoms with Crippen molar-refractivity contribution in [3.63, 3.8) is 0 Å². The molecule has 0 bridgehead atoms. The lowest BCUT2D eigenvalue weighted by atomic mass is 10.2. The summed E-state index contributed by atoms with van der Waals surface area (Å²) in [6.45, 7) is 0. The maximum Gasteiger partial charge on any atom is 0.272 e. The molecule has 0 fully saturated rings. The van der Waals surface area contributed by atoms with Gasteiger partial charge in [-0.15, -0.1) is 11.3 Å². The van der Waals surface area contributed by atoms with Crippen LogP contribution in [-0.2, 0) is 0 Å². The number of fused-ring (bicyclic) bond motifs is 1. The molecule has 1 aromatic heterocycles. The second-order valence-corrected chi connectivity index (χ2v) is 4.83. The Bertz CT molecular complexity index is 442. The molecule has 0 saturated heterocycles. The van der Waals surface area contributed by atoms with Crippen LogP contribution < -0.4 is 5.73 Å². The minimum Gasteiger partial charge on any atom is -0.398 e. The van der Waals surface area contributed by atoms with E-state index in [9.17, 15) is 8.78 Å². The van der Waals surface area contributed by atoms with Gasteiger partial charge in [0.2, 0.25) is 0 Å². The average molecular weight is 278 g/mol. The first-order valence-electron chi connectivity index (χ1n) is 3.84. The van der Waals surface area contributed by atoms with Gasteiger partial charge < -0.3 is 5.73 Å². The Labute approximate surface area is 91.7 Å². The first-order chi connectivity index (χ1) is 6.58. The van der Waals surface area contributed by atoms with E-state index in [2.05, 4.69) is 15.9 Å². The molecule has 2 rings (SSSR count). The number of nitrogens with two attached hydrogens (primary N) is 1. The summed E-state index contributed by atoms with van der Waals surface area (Å²) in [6.07, 6.45) is -2.41. The average Bonchev–Trinajstić information content (AvgIpc) is 2.48. The number of alkyl halides is 2. The Kier molecular flexibility index (Phi) is 2.45. The smallest absolute Gasteiger partial charge is 0.272 e. The first-order valence-corrected chi connectivity index (χ1v) is 5.45. The highest BCUT2D eigenvalue weighted by molar-refractivity contribution is 9.10. The summed E-state index contributed by atoms with van der Waals surface area (Å²) in [5.74, 6) is 0. The van der Waals surface area contributed by atoms with Crippen molar-refractivity contribution < 1.29 is 8.78 Å². The van der Waals surface area contributed by atoms with Crippen LogP contribution in [0.3, 0.4) is 0 Å². The Morgan fingerprint density at radius 1 is 1.29 bits per heavy atom. The van der Waals surface area contributed by atoms with Crippen molar-refractivity contribution in [1.29, 1.82) is 0 Å². The summed E-state index contributed by atoms with van der Waals surface area (Å²) in [5, 5.41) is 0.769. The summed E-state index contributed by atoms with van der Waals surface area (Å²) < 4.78 is 26.3. The third-order valence-electron chi connectivity index (χ3n) is 1.87. The van der Waals surface area contributed by atoms with Crippen LogP contribution in [0.5, 0.6) is 0 Å². The fourth-order valence-electron chi connectivity index (χ4n) is 1.21. The highest BCUT2D eigenvalue weighted by atomic mass is 79.9. The molecule has 0 saturated carbocycles. The van der Waals surface area contributed by atoms with Crippen molar-refractivity contribution >= 4 is 43.0 Å². The number of benzene rings is 1. The minimum atomic E-state index is -2.41. The summed E-state index contributed by atoms with van der Waals surface area (Å²) in [6, 6.07) is 4.94. The van der Waals surface area contributed by atoms with Crippen molar-refractivity contribution in [2.24, 2.45) is 0 Å². The summed E-state index contributed by atoms with van der Waals surface area (Å²) in [5.41, 5.74) is 6.21. The molecule has 0 unspecified atom stereocenters. The van der Waals surface area contributed by atoms with Gasteiger partial charge in [0.05, 0.1) is 4.88 Å². The van der Waals surface area contributed by atoms with E-state index >= 15 is 0 Å². The van der Waals surface area contributed by atoms with E-state index in [-0.39, 0.29) is 4.88 Å². The zero-order valence-electron chi connectivity index (χ0n) is 6.93. The summed E-state index contributed by atoms with van der Waals surface area (Å²) >= 11 is 4.35. The number of hydrogen-bond acceptors (Lipinski definition) is 2. The summed E-state index contributed by atoms with van der Waals surface area (Å²) in [4.78, 5) is 0.0810. The van der Waals surface area contributed by atoms with Gasteiger partial charge in [-0.25, -0.2) is 8.78 Å². The molecule has 2 N–H and O–H groups in total. The van der Waals surface area contributed by atoms with E-state index < -0.39 is 6.43 Å². The van der Waals surface area contributed by atoms with Crippen molar-refractivity contribution in [3.8, 4) is 0 Å². The third kappa shape index (κ3) is 1.62. The van der Waals surface area contributed by atoms with E-state index in [0.29, 0.717) is 5.69 Å². The van der Waals surface area contributed by atoms with Gasteiger partial charge in [0.1, 0.15) is 0 Å². The maximum absolute atomic E-state index is 12.4. The van der Waals surface area contributed by atoms with E-state index in [0.717, 1.165) is 25.9 Å². The summed E-state index contributed by atoms with van der Waals surface area (Å²) in [7, 11) is 0. The van der Waals surface area contributed by atoms with Crippen LogP contribution in [-0.4, -0.2) is 0 Å². The molecule has 0 aliphatic rings. The molecule has 1 heterocycles. The monoisotopic (exact) mass is 277 g/mol. The van der Waals surface area contributed by atoms with Gasteiger partial charge in [-0.05, 0) is 39.5 Å². The topological polar surface area (TPSA) is 26.0 Å². The third-order valence-corrected chi connectivity index (χ3v) is 3.66. The SMILES string of the molecule is Nc1cc2cc(C(F)F)sc2cc1Br. The number of hydrogen-bond donors (Lipinski definition) is 1. The largest absolute Gasteiger partial charge is 0.398 e. The van der Waals surface area contributed by atoms with Gasteiger partial charge in [-0.1, -0.05) is 0 Å². The predicted octanol–water partition coefficient (Wildman–Crippen LogP) is 4.18. The predicted molar refractivity (Wildman–Crippen MR) is 58.9 cm³/mol. The van der Waals surface area contributed by atoms with E-state index in [1.807, 2.05) is 0 Å². The quantitative estimate of drug-likeness (QED) is 0.778. The second-order valence-electron chi connectivity index (χ2n) is 2.86. The van der Waals surface area contributed by atoms with Crippen molar-refractivity contribution in [2.45, 2.75) is 6.43 Å². The molecular weight excluding hydrogens is 272 g/mol. The zero-order valence-corrected chi connectivity index (χ0v) is 9.33.